The van der Waals surface area contributed by atoms with Crippen LogP contribution in [-0.4, -0.2) is 28.1 Å². The van der Waals surface area contributed by atoms with E-state index in [1.54, 1.807) is 19.9 Å². The fraction of sp³-hybridized carbons (Fsp3) is 0.571. The summed E-state index contributed by atoms with van der Waals surface area (Å²) in [7, 11) is 0. The highest BCUT2D eigenvalue weighted by molar-refractivity contribution is 5.93. The van der Waals surface area contributed by atoms with Crippen molar-refractivity contribution in [1.29, 1.82) is 0 Å². The molecule has 0 bridgehead atoms. The summed E-state index contributed by atoms with van der Waals surface area (Å²) in [5.41, 5.74) is -0.371. The Bertz CT molecular complexity index is 465. The molecular weight excluding hydrogens is 244 g/mol. The molecule has 1 rings (SSSR count). The first-order chi connectivity index (χ1) is 8.81. The first-order valence-corrected chi connectivity index (χ1v) is 6.50. The Morgan fingerprint density at radius 2 is 2.11 bits per heavy atom. The summed E-state index contributed by atoms with van der Waals surface area (Å²) in [6.07, 6.45) is 2.31. The molecule has 5 heteroatoms. The van der Waals surface area contributed by atoms with Crippen molar-refractivity contribution in [3.63, 3.8) is 0 Å². The zero-order chi connectivity index (χ0) is 14.6. The largest absolute Gasteiger partial charge is 0.481 e. The van der Waals surface area contributed by atoms with Gasteiger partial charge in [0.2, 0.25) is 0 Å². The van der Waals surface area contributed by atoms with Gasteiger partial charge in [0.05, 0.1) is 5.41 Å². The predicted molar refractivity (Wildman–Crippen MR) is 73.2 cm³/mol. The Hall–Kier alpha value is -1.78. The molecule has 0 radical (unpaired) electrons. The molecule has 106 valence electrons. The van der Waals surface area contributed by atoms with Gasteiger partial charge in [0.25, 0.3) is 5.91 Å². The fourth-order valence-corrected chi connectivity index (χ4v) is 1.75. The van der Waals surface area contributed by atoms with E-state index in [9.17, 15) is 9.59 Å². The molecule has 0 saturated carbocycles. The topological polar surface area (TPSA) is 71.3 Å². The summed E-state index contributed by atoms with van der Waals surface area (Å²) in [6, 6.07) is 3.73. The summed E-state index contributed by atoms with van der Waals surface area (Å²) < 4.78 is 1.86. The Morgan fingerprint density at radius 3 is 2.58 bits per heavy atom. The summed E-state index contributed by atoms with van der Waals surface area (Å²) in [5.74, 6) is -1.13. The quantitative estimate of drug-likeness (QED) is 0.830. The molecule has 0 aromatic carbocycles. The fourth-order valence-electron chi connectivity index (χ4n) is 1.75. The number of carbonyl (C=O) groups is 2. The van der Waals surface area contributed by atoms with Gasteiger partial charge in [-0.2, -0.15) is 0 Å². The smallest absolute Gasteiger partial charge is 0.311 e. The summed E-state index contributed by atoms with van der Waals surface area (Å²) in [4.78, 5) is 23.3. The van der Waals surface area contributed by atoms with E-state index in [0.717, 1.165) is 0 Å². The molecule has 0 aliphatic heterocycles. The van der Waals surface area contributed by atoms with Gasteiger partial charge in [0.1, 0.15) is 5.69 Å². The van der Waals surface area contributed by atoms with Gasteiger partial charge < -0.3 is 15.0 Å². The number of aliphatic carboxylic acids is 1. The van der Waals surface area contributed by atoms with Crippen molar-refractivity contribution in [2.75, 3.05) is 6.54 Å². The molecule has 0 spiro atoms. The third kappa shape index (κ3) is 3.36. The van der Waals surface area contributed by atoms with E-state index in [1.807, 2.05) is 30.7 Å². The maximum atomic E-state index is 12.1. The third-order valence-corrected chi connectivity index (χ3v) is 3.50. The minimum atomic E-state index is -0.926. The molecule has 1 amide bonds. The average molecular weight is 266 g/mol. The molecule has 0 aliphatic rings. The van der Waals surface area contributed by atoms with Crippen molar-refractivity contribution in [2.24, 2.45) is 5.41 Å². The number of hydrogen-bond acceptors (Lipinski definition) is 2. The first-order valence-electron chi connectivity index (χ1n) is 6.50. The van der Waals surface area contributed by atoms with Gasteiger partial charge in [-0.15, -0.1) is 0 Å². The maximum Gasteiger partial charge on any atom is 0.311 e. The Kier molecular flexibility index (Phi) is 4.75. The van der Waals surface area contributed by atoms with E-state index >= 15 is 0 Å². The van der Waals surface area contributed by atoms with Crippen LogP contribution in [-0.2, 0) is 4.79 Å². The van der Waals surface area contributed by atoms with Crippen LogP contribution in [0.15, 0.2) is 18.3 Å². The monoisotopic (exact) mass is 266 g/mol. The predicted octanol–water partition coefficient (Wildman–Crippen LogP) is 2.30. The second kappa shape index (κ2) is 5.91. The Balaban J connectivity index is 2.76. The minimum Gasteiger partial charge on any atom is -0.481 e. The van der Waals surface area contributed by atoms with Crippen LogP contribution in [0.4, 0.5) is 0 Å². The summed E-state index contributed by atoms with van der Waals surface area (Å²) in [5, 5.41) is 11.9. The lowest BCUT2D eigenvalue weighted by Gasteiger charge is -2.23. The number of rotatable bonds is 6. The lowest BCUT2D eigenvalue weighted by molar-refractivity contribution is -0.147. The van der Waals surface area contributed by atoms with E-state index in [4.69, 9.17) is 5.11 Å². The molecule has 1 atom stereocenters. The van der Waals surface area contributed by atoms with Gasteiger partial charge in [-0.3, -0.25) is 9.59 Å². The van der Waals surface area contributed by atoms with Gasteiger partial charge >= 0.3 is 5.97 Å². The van der Waals surface area contributed by atoms with Gasteiger partial charge in [0, 0.05) is 18.8 Å². The molecule has 1 aromatic heterocycles. The lowest BCUT2D eigenvalue weighted by Crippen LogP contribution is -2.41. The highest BCUT2D eigenvalue weighted by Gasteiger charge is 2.31. The van der Waals surface area contributed by atoms with Crippen molar-refractivity contribution in [2.45, 2.75) is 40.2 Å². The normalized spacial score (nSPS) is 14.2. The molecular formula is C14H22N2O3. The molecule has 19 heavy (non-hydrogen) atoms. The van der Waals surface area contributed by atoms with Gasteiger partial charge in [-0.1, -0.05) is 6.92 Å². The molecule has 5 nitrogen and oxygen atoms in total. The van der Waals surface area contributed by atoms with E-state index < -0.39 is 11.4 Å². The second-order valence-electron chi connectivity index (χ2n) is 5.30. The average Bonchev–Trinajstić information content (AvgIpc) is 2.84. The van der Waals surface area contributed by atoms with Crippen LogP contribution in [0.5, 0.6) is 0 Å². The van der Waals surface area contributed by atoms with Crippen molar-refractivity contribution >= 4 is 11.9 Å². The lowest BCUT2D eigenvalue weighted by atomic mass is 9.88. The van der Waals surface area contributed by atoms with Crippen LogP contribution < -0.4 is 5.32 Å². The van der Waals surface area contributed by atoms with Gasteiger partial charge in [0.15, 0.2) is 0 Å². The second-order valence-corrected chi connectivity index (χ2v) is 5.30. The highest BCUT2D eigenvalue weighted by Crippen LogP contribution is 2.20. The summed E-state index contributed by atoms with van der Waals surface area (Å²) >= 11 is 0. The van der Waals surface area contributed by atoms with Crippen molar-refractivity contribution in [3.05, 3.63) is 24.0 Å². The molecule has 1 aromatic rings. The molecule has 2 N–H and O–H groups in total. The van der Waals surface area contributed by atoms with Crippen LogP contribution in [0.2, 0.25) is 0 Å². The molecule has 0 saturated heterocycles. The number of hydrogen-bond donors (Lipinski definition) is 2. The first kappa shape index (κ1) is 15.3. The van der Waals surface area contributed by atoms with E-state index in [0.29, 0.717) is 12.1 Å². The number of nitrogens with zero attached hydrogens (tertiary/aromatic N) is 1. The number of nitrogens with one attached hydrogen (secondary N) is 1. The van der Waals surface area contributed by atoms with Crippen LogP contribution in [0.1, 0.15) is 50.6 Å². The SMILES string of the molecule is CCC(C)(CNC(=O)c1cccn1C(C)C)C(=O)O. The summed E-state index contributed by atoms with van der Waals surface area (Å²) in [6.45, 7) is 7.55. The number of carboxylic acid groups (broad SMARTS) is 1. The highest BCUT2D eigenvalue weighted by atomic mass is 16.4. The number of carboxylic acids is 1. The van der Waals surface area contributed by atoms with Crippen LogP contribution >= 0.6 is 0 Å². The van der Waals surface area contributed by atoms with Crippen LogP contribution in [0.3, 0.4) is 0 Å². The number of aromatic nitrogens is 1. The number of carbonyl (C=O) groups excluding carboxylic acids is 1. The Labute approximate surface area is 113 Å². The molecule has 1 heterocycles. The number of amides is 1. The van der Waals surface area contributed by atoms with Crippen LogP contribution in [0.25, 0.3) is 0 Å². The van der Waals surface area contributed by atoms with Crippen molar-refractivity contribution < 1.29 is 14.7 Å². The van der Waals surface area contributed by atoms with E-state index in [-0.39, 0.29) is 18.5 Å². The molecule has 0 fully saturated rings. The van der Waals surface area contributed by atoms with E-state index in [2.05, 4.69) is 5.32 Å². The van der Waals surface area contributed by atoms with Gasteiger partial charge in [-0.25, -0.2) is 0 Å². The van der Waals surface area contributed by atoms with Crippen LogP contribution in [0, 0.1) is 5.41 Å². The van der Waals surface area contributed by atoms with Crippen molar-refractivity contribution in [3.8, 4) is 0 Å². The minimum absolute atomic E-state index is 0.126. The standard InChI is InChI=1S/C14H22N2O3/c1-5-14(4,13(18)19)9-15-12(17)11-7-6-8-16(11)10(2)3/h6-8,10H,5,9H2,1-4H3,(H,15,17)(H,18,19). The maximum absolute atomic E-state index is 12.1. The molecule has 0 aliphatic carbocycles. The van der Waals surface area contributed by atoms with Gasteiger partial charge in [-0.05, 0) is 39.3 Å². The zero-order valence-corrected chi connectivity index (χ0v) is 11.9. The van der Waals surface area contributed by atoms with Crippen molar-refractivity contribution in [1.82, 2.24) is 9.88 Å². The molecule has 1 unspecified atom stereocenters. The third-order valence-electron chi connectivity index (χ3n) is 3.50. The zero-order valence-electron chi connectivity index (χ0n) is 11.9. The Morgan fingerprint density at radius 1 is 1.47 bits per heavy atom. The van der Waals surface area contributed by atoms with E-state index in [1.165, 1.54) is 0 Å².